The molecule has 7 aromatic rings. The van der Waals surface area contributed by atoms with E-state index in [1.54, 1.807) is 0 Å². The molecular formula is C36H30N6O2. The number of anilines is 4. The standard InChI is InChI=1S/C36H30N6O2/c1-44-36(43)27-11-21(19-39-30-8-4-25-13-23-2-6-28(37)15-32(23)41-34(25)17-30)10-22(12-27)20-40-31-9-5-26-14-24-3-7-29(38)16-33(24)42-35(26)18-31/h2-18,39-40H,19-20,37-38H2,1H3. The molecule has 0 atom stereocenters. The van der Waals surface area contributed by atoms with Gasteiger partial charge in [0.1, 0.15) is 0 Å². The fraction of sp³-hybridized carbons (Fsp3) is 0.0833. The van der Waals surface area contributed by atoms with E-state index in [2.05, 4.69) is 41.0 Å². The monoisotopic (exact) mass is 578 g/mol. The number of nitrogens with zero attached hydrogens (tertiary/aromatic N) is 2. The first-order valence-electron chi connectivity index (χ1n) is 14.3. The Morgan fingerprint density at radius 1 is 0.591 bits per heavy atom. The number of nitrogen functional groups attached to an aromatic ring is 2. The summed E-state index contributed by atoms with van der Waals surface area (Å²) in [6.45, 7) is 1.03. The fourth-order valence-electron chi connectivity index (χ4n) is 5.51. The van der Waals surface area contributed by atoms with E-state index >= 15 is 0 Å². The third-order valence-corrected chi connectivity index (χ3v) is 7.74. The van der Waals surface area contributed by atoms with Gasteiger partial charge >= 0.3 is 5.97 Å². The van der Waals surface area contributed by atoms with Crippen LogP contribution in [-0.4, -0.2) is 23.0 Å². The van der Waals surface area contributed by atoms with Gasteiger partial charge in [0.25, 0.3) is 0 Å². The summed E-state index contributed by atoms with van der Waals surface area (Å²) in [5.74, 6) is -0.379. The van der Waals surface area contributed by atoms with E-state index < -0.39 is 0 Å². The molecule has 0 spiro atoms. The largest absolute Gasteiger partial charge is 0.465 e. The van der Waals surface area contributed by atoms with Gasteiger partial charge in [0.05, 0.1) is 34.7 Å². The van der Waals surface area contributed by atoms with Crippen LogP contribution in [0.2, 0.25) is 0 Å². The maximum Gasteiger partial charge on any atom is 0.337 e. The molecule has 5 aromatic carbocycles. The van der Waals surface area contributed by atoms with Crippen molar-refractivity contribution < 1.29 is 9.53 Å². The summed E-state index contributed by atoms with van der Waals surface area (Å²) in [4.78, 5) is 22.1. The van der Waals surface area contributed by atoms with E-state index in [1.165, 1.54) is 7.11 Å². The summed E-state index contributed by atoms with van der Waals surface area (Å²) in [7, 11) is 1.39. The van der Waals surface area contributed by atoms with Crippen molar-refractivity contribution in [1.82, 2.24) is 9.97 Å². The van der Waals surface area contributed by atoms with Gasteiger partial charge in [-0.15, -0.1) is 0 Å². The molecule has 0 amide bonds. The van der Waals surface area contributed by atoms with Gasteiger partial charge in [-0.05, 0) is 83.9 Å². The van der Waals surface area contributed by atoms with Crippen LogP contribution >= 0.6 is 0 Å². The molecule has 0 radical (unpaired) electrons. The molecule has 0 bridgehead atoms. The van der Waals surface area contributed by atoms with Gasteiger partial charge in [0.2, 0.25) is 0 Å². The first-order valence-corrected chi connectivity index (χ1v) is 14.3. The number of nitrogens with two attached hydrogens (primary N) is 2. The molecule has 8 nitrogen and oxygen atoms in total. The minimum atomic E-state index is -0.379. The van der Waals surface area contributed by atoms with Crippen LogP contribution < -0.4 is 22.1 Å². The topological polar surface area (TPSA) is 128 Å². The maximum absolute atomic E-state index is 12.5. The Hall–Kier alpha value is -5.89. The number of esters is 1. The van der Waals surface area contributed by atoms with Crippen LogP contribution in [0.1, 0.15) is 21.5 Å². The SMILES string of the molecule is COC(=O)c1cc(CNc2ccc3cc4ccc(N)cc4nc3c2)cc(CNc2ccc3cc4ccc(N)cc4nc3c2)c1. The number of nitrogens with one attached hydrogen (secondary N) is 2. The van der Waals surface area contributed by atoms with Gasteiger partial charge in [0, 0.05) is 57.4 Å². The summed E-state index contributed by atoms with van der Waals surface area (Å²) in [6.07, 6.45) is 0. The van der Waals surface area contributed by atoms with Crippen LogP contribution in [0.15, 0.2) is 103 Å². The van der Waals surface area contributed by atoms with Crippen LogP contribution in [0, 0.1) is 0 Å². The zero-order valence-corrected chi connectivity index (χ0v) is 24.1. The van der Waals surface area contributed by atoms with E-state index in [4.69, 9.17) is 26.2 Å². The van der Waals surface area contributed by atoms with Gasteiger partial charge in [-0.2, -0.15) is 0 Å². The number of carbonyl (C=O) groups excluding carboxylic acids is 1. The second-order valence-electron chi connectivity index (χ2n) is 10.9. The Bertz CT molecular complexity index is 2080. The smallest absolute Gasteiger partial charge is 0.337 e. The van der Waals surface area contributed by atoms with Crippen LogP contribution in [0.3, 0.4) is 0 Å². The summed E-state index contributed by atoms with van der Waals surface area (Å²) < 4.78 is 5.04. The normalized spacial score (nSPS) is 11.3. The molecule has 8 heteroatoms. The van der Waals surface area contributed by atoms with Crippen molar-refractivity contribution in [2.45, 2.75) is 13.1 Å². The predicted octanol–water partition coefficient (Wildman–Crippen LogP) is 7.26. The van der Waals surface area contributed by atoms with Gasteiger partial charge in [-0.3, -0.25) is 0 Å². The average Bonchev–Trinajstić information content (AvgIpc) is 3.03. The summed E-state index contributed by atoms with van der Waals surface area (Å²) in [5, 5.41) is 11.2. The van der Waals surface area contributed by atoms with Gasteiger partial charge in [-0.25, -0.2) is 14.8 Å². The van der Waals surface area contributed by atoms with Crippen molar-refractivity contribution in [3.63, 3.8) is 0 Å². The van der Waals surface area contributed by atoms with Crippen molar-refractivity contribution >= 4 is 72.3 Å². The number of benzene rings is 5. The molecule has 0 unspecified atom stereocenters. The highest BCUT2D eigenvalue weighted by Crippen LogP contribution is 2.26. The third kappa shape index (κ3) is 5.48. The number of ether oxygens (including phenoxy) is 1. The molecule has 2 aromatic heterocycles. The van der Waals surface area contributed by atoms with E-state index in [0.29, 0.717) is 30.0 Å². The van der Waals surface area contributed by atoms with E-state index in [0.717, 1.165) is 66.1 Å². The van der Waals surface area contributed by atoms with Gasteiger partial charge in [0.15, 0.2) is 0 Å². The number of aromatic nitrogens is 2. The number of methoxy groups -OCH3 is 1. The molecule has 2 heterocycles. The Morgan fingerprint density at radius 2 is 1.02 bits per heavy atom. The number of rotatable bonds is 7. The zero-order chi connectivity index (χ0) is 30.2. The molecule has 7 rings (SSSR count). The number of carbonyl (C=O) groups is 1. The maximum atomic E-state index is 12.5. The summed E-state index contributed by atoms with van der Waals surface area (Å²) in [5.41, 5.74) is 21.0. The van der Waals surface area contributed by atoms with Crippen molar-refractivity contribution in [3.05, 3.63) is 120 Å². The lowest BCUT2D eigenvalue weighted by Gasteiger charge is -2.13. The highest BCUT2D eigenvalue weighted by atomic mass is 16.5. The Labute approximate surface area is 253 Å². The molecular weight excluding hydrogens is 548 g/mol. The second kappa shape index (κ2) is 11.1. The summed E-state index contributed by atoms with van der Waals surface area (Å²) in [6, 6.07) is 33.7. The van der Waals surface area contributed by atoms with Crippen molar-refractivity contribution in [2.75, 3.05) is 29.2 Å². The fourth-order valence-corrected chi connectivity index (χ4v) is 5.51. The molecule has 0 aliphatic rings. The van der Waals surface area contributed by atoms with Crippen LogP contribution in [0.25, 0.3) is 43.6 Å². The first kappa shape index (κ1) is 27.0. The summed E-state index contributed by atoms with van der Waals surface area (Å²) >= 11 is 0. The quantitative estimate of drug-likeness (QED) is 0.0884. The lowest BCUT2D eigenvalue weighted by Crippen LogP contribution is -2.08. The third-order valence-electron chi connectivity index (χ3n) is 7.74. The molecule has 0 fully saturated rings. The van der Waals surface area contributed by atoms with E-state index in [-0.39, 0.29) is 5.97 Å². The van der Waals surface area contributed by atoms with Crippen molar-refractivity contribution in [3.8, 4) is 0 Å². The molecule has 0 saturated heterocycles. The molecule has 0 aliphatic heterocycles. The molecule has 0 aliphatic carbocycles. The Balaban J connectivity index is 1.11. The Morgan fingerprint density at radius 3 is 1.48 bits per heavy atom. The minimum Gasteiger partial charge on any atom is -0.465 e. The number of fused-ring (bicyclic) bond motifs is 4. The number of hydrogen-bond acceptors (Lipinski definition) is 8. The van der Waals surface area contributed by atoms with Gasteiger partial charge in [-0.1, -0.05) is 30.3 Å². The molecule has 0 saturated carbocycles. The predicted molar refractivity (Wildman–Crippen MR) is 180 cm³/mol. The highest BCUT2D eigenvalue weighted by molar-refractivity contribution is 5.96. The second-order valence-corrected chi connectivity index (χ2v) is 10.9. The molecule has 216 valence electrons. The number of hydrogen-bond donors (Lipinski definition) is 4. The lowest BCUT2D eigenvalue weighted by atomic mass is 10.0. The van der Waals surface area contributed by atoms with Crippen molar-refractivity contribution in [2.24, 2.45) is 0 Å². The van der Waals surface area contributed by atoms with E-state index in [9.17, 15) is 4.79 Å². The van der Waals surface area contributed by atoms with E-state index in [1.807, 2.05) is 72.8 Å². The minimum absolute atomic E-state index is 0.379. The van der Waals surface area contributed by atoms with Crippen molar-refractivity contribution in [1.29, 1.82) is 0 Å². The number of pyridine rings is 2. The van der Waals surface area contributed by atoms with Gasteiger partial charge < -0.3 is 26.8 Å². The van der Waals surface area contributed by atoms with Crippen LogP contribution in [-0.2, 0) is 17.8 Å². The molecule has 6 N–H and O–H groups in total. The van der Waals surface area contributed by atoms with Crippen LogP contribution in [0.4, 0.5) is 22.7 Å². The highest BCUT2D eigenvalue weighted by Gasteiger charge is 2.11. The van der Waals surface area contributed by atoms with Crippen LogP contribution in [0.5, 0.6) is 0 Å². The Kier molecular flexibility index (Phi) is 6.79. The lowest BCUT2D eigenvalue weighted by molar-refractivity contribution is 0.0600. The first-order chi connectivity index (χ1) is 21.4. The zero-order valence-electron chi connectivity index (χ0n) is 24.1. The molecule has 44 heavy (non-hydrogen) atoms. The average molecular weight is 579 g/mol.